The second kappa shape index (κ2) is 8.55. The smallest absolute Gasteiger partial charge is 0.177 e. The predicted octanol–water partition coefficient (Wildman–Crippen LogP) is 3.93. The van der Waals surface area contributed by atoms with Crippen molar-refractivity contribution in [3.8, 4) is 11.1 Å². The Balaban J connectivity index is 1.84. The summed E-state index contributed by atoms with van der Waals surface area (Å²) >= 11 is 4.83. The lowest BCUT2D eigenvalue weighted by Gasteiger charge is -2.38. The van der Waals surface area contributed by atoms with Crippen LogP contribution in [0.3, 0.4) is 0 Å². The third-order valence-corrected chi connectivity index (χ3v) is 6.68. The van der Waals surface area contributed by atoms with Crippen LogP contribution in [0.1, 0.15) is 12.5 Å². The Bertz CT molecular complexity index is 785. The van der Waals surface area contributed by atoms with E-state index < -0.39 is 11.4 Å². The highest BCUT2D eigenvalue weighted by atomic mass is 35.5. The molecule has 1 aromatic heterocycles. The molecule has 3 rings (SSSR count). The van der Waals surface area contributed by atoms with Gasteiger partial charge in [0.2, 0.25) is 0 Å². The zero-order valence-electron chi connectivity index (χ0n) is 15.2. The molecular formula is C20H24ClN3OS. The molecule has 26 heavy (non-hydrogen) atoms. The average molecular weight is 390 g/mol. The highest BCUT2D eigenvalue weighted by molar-refractivity contribution is 7.89. The van der Waals surface area contributed by atoms with Gasteiger partial charge in [-0.05, 0) is 37.1 Å². The van der Waals surface area contributed by atoms with E-state index in [-0.39, 0.29) is 6.04 Å². The lowest BCUT2D eigenvalue weighted by Crippen LogP contribution is -2.53. The molecule has 1 fully saturated rings. The molecule has 0 amide bonds. The monoisotopic (exact) mass is 389 g/mol. The molecule has 0 bridgehead atoms. The van der Waals surface area contributed by atoms with Gasteiger partial charge in [-0.1, -0.05) is 29.8 Å². The molecule has 6 heteroatoms. The highest BCUT2D eigenvalue weighted by Crippen LogP contribution is 2.29. The molecular weight excluding hydrogens is 366 g/mol. The lowest BCUT2D eigenvalue weighted by molar-refractivity contribution is 0.156. The van der Waals surface area contributed by atoms with E-state index in [4.69, 9.17) is 11.6 Å². The minimum Gasteiger partial charge on any atom is -0.593 e. The van der Waals surface area contributed by atoms with Crippen LogP contribution in [-0.2, 0) is 11.4 Å². The molecule has 2 heterocycles. The Kier molecular flexibility index (Phi) is 6.37. The summed E-state index contributed by atoms with van der Waals surface area (Å²) in [5, 5.41) is 0.456. The Morgan fingerprint density at radius 3 is 2.77 bits per heavy atom. The fourth-order valence-corrected chi connectivity index (χ4v) is 4.93. The van der Waals surface area contributed by atoms with Gasteiger partial charge < -0.3 is 4.55 Å². The molecule has 1 saturated heterocycles. The first-order valence-electron chi connectivity index (χ1n) is 8.74. The number of hydrogen-bond acceptors (Lipinski definition) is 4. The fraction of sp³-hybridized carbons (Fsp3) is 0.350. The first-order chi connectivity index (χ1) is 12.5. The van der Waals surface area contributed by atoms with Crippen LogP contribution in [0, 0.1) is 6.92 Å². The molecule has 0 saturated carbocycles. The molecule has 0 radical (unpaired) electrons. The minimum atomic E-state index is -1.19. The molecule has 1 aliphatic rings. The Morgan fingerprint density at radius 1 is 1.31 bits per heavy atom. The van der Waals surface area contributed by atoms with Crippen LogP contribution < -0.4 is 0 Å². The van der Waals surface area contributed by atoms with Crippen molar-refractivity contribution in [2.45, 2.75) is 24.8 Å². The quantitative estimate of drug-likeness (QED) is 0.441. The first kappa shape index (κ1) is 19.4. The molecule has 0 N–H and O–H groups in total. The van der Waals surface area contributed by atoms with Gasteiger partial charge in [0.15, 0.2) is 4.90 Å². The number of aryl methyl sites for hydroxylation is 1. The van der Waals surface area contributed by atoms with Gasteiger partial charge in [0.1, 0.15) is 5.15 Å². The SMILES string of the molecule is C=CCN1CCN([S+]([O-])c2cc(-c3ccnc(Cl)c3)ccc2C)C(C)C1. The maximum absolute atomic E-state index is 13.3. The number of benzene rings is 1. The maximum Gasteiger partial charge on any atom is 0.177 e. The second-order valence-corrected chi connectivity index (χ2v) is 8.43. The molecule has 1 aromatic carbocycles. The lowest BCUT2D eigenvalue weighted by atomic mass is 10.1. The van der Waals surface area contributed by atoms with Crippen molar-refractivity contribution >= 4 is 23.0 Å². The zero-order chi connectivity index (χ0) is 18.7. The van der Waals surface area contributed by atoms with E-state index in [1.54, 1.807) is 6.20 Å². The van der Waals surface area contributed by atoms with E-state index in [1.165, 1.54) is 0 Å². The summed E-state index contributed by atoms with van der Waals surface area (Å²) in [6.45, 7) is 11.4. The van der Waals surface area contributed by atoms with Gasteiger partial charge >= 0.3 is 0 Å². The second-order valence-electron chi connectivity index (χ2n) is 6.63. The van der Waals surface area contributed by atoms with Crippen molar-refractivity contribution in [3.63, 3.8) is 0 Å². The maximum atomic E-state index is 13.3. The summed E-state index contributed by atoms with van der Waals surface area (Å²) < 4.78 is 15.4. The average Bonchev–Trinajstić information content (AvgIpc) is 2.62. The molecule has 0 aliphatic carbocycles. The van der Waals surface area contributed by atoms with Crippen LogP contribution in [0.15, 0.2) is 54.1 Å². The fourth-order valence-electron chi connectivity index (χ4n) is 3.29. The van der Waals surface area contributed by atoms with E-state index >= 15 is 0 Å². The summed E-state index contributed by atoms with van der Waals surface area (Å²) in [5.41, 5.74) is 3.02. The molecule has 1 aliphatic heterocycles. The van der Waals surface area contributed by atoms with Crippen molar-refractivity contribution in [1.29, 1.82) is 0 Å². The van der Waals surface area contributed by atoms with Crippen molar-refractivity contribution in [3.05, 3.63) is 59.9 Å². The van der Waals surface area contributed by atoms with Crippen LogP contribution >= 0.6 is 11.6 Å². The topological polar surface area (TPSA) is 42.4 Å². The Hall–Kier alpha value is -1.37. The third kappa shape index (κ3) is 4.30. The van der Waals surface area contributed by atoms with Gasteiger partial charge in [-0.2, -0.15) is 0 Å². The van der Waals surface area contributed by atoms with E-state index in [2.05, 4.69) is 27.7 Å². The Morgan fingerprint density at radius 2 is 2.08 bits per heavy atom. The molecule has 4 nitrogen and oxygen atoms in total. The van der Waals surface area contributed by atoms with Crippen LogP contribution in [0.25, 0.3) is 11.1 Å². The van der Waals surface area contributed by atoms with E-state index in [1.807, 2.05) is 43.3 Å². The van der Waals surface area contributed by atoms with Crippen molar-refractivity contribution in [1.82, 2.24) is 14.2 Å². The van der Waals surface area contributed by atoms with Crippen molar-refractivity contribution in [2.75, 3.05) is 26.2 Å². The summed E-state index contributed by atoms with van der Waals surface area (Å²) in [4.78, 5) is 7.23. The van der Waals surface area contributed by atoms with Crippen LogP contribution in [-0.4, -0.2) is 51.0 Å². The van der Waals surface area contributed by atoms with E-state index in [9.17, 15) is 4.55 Å². The normalized spacial score (nSPS) is 20.1. The molecule has 2 atom stereocenters. The predicted molar refractivity (Wildman–Crippen MR) is 109 cm³/mol. The summed E-state index contributed by atoms with van der Waals surface area (Å²) in [6.07, 6.45) is 3.61. The van der Waals surface area contributed by atoms with Gasteiger partial charge in [0, 0.05) is 37.5 Å². The number of halogens is 1. The molecule has 2 aromatic rings. The number of hydrogen-bond donors (Lipinski definition) is 0. The van der Waals surface area contributed by atoms with Gasteiger partial charge in [0.05, 0.1) is 23.9 Å². The van der Waals surface area contributed by atoms with Crippen LogP contribution in [0.4, 0.5) is 0 Å². The van der Waals surface area contributed by atoms with E-state index in [0.717, 1.165) is 47.8 Å². The largest absolute Gasteiger partial charge is 0.593 e. The standard InChI is InChI=1S/C20H24ClN3OS/c1-4-9-23-10-11-24(16(3)14-23)26(25)19-12-17(6-5-15(19)2)18-7-8-22-20(21)13-18/h4-8,12-13,16H,1,9-11,14H2,2-3H3. The van der Waals surface area contributed by atoms with Crippen molar-refractivity contribution < 1.29 is 4.55 Å². The van der Waals surface area contributed by atoms with Gasteiger partial charge in [0.25, 0.3) is 0 Å². The van der Waals surface area contributed by atoms with Gasteiger partial charge in [-0.3, -0.25) is 4.90 Å². The number of rotatable bonds is 5. The van der Waals surface area contributed by atoms with E-state index in [0.29, 0.717) is 5.15 Å². The van der Waals surface area contributed by atoms with Crippen molar-refractivity contribution in [2.24, 2.45) is 0 Å². The Labute approximate surface area is 163 Å². The number of nitrogens with zero attached hydrogens (tertiary/aromatic N) is 3. The highest BCUT2D eigenvalue weighted by Gasteiger charge is 2.33. The summed E-state index contributed by atoms with van der Waals surface area (Å²) in [6, 6.07) is 10.0. The number of piperazine rings is 1. The van der Waals surface area contributed by atoms with Crippen LogP contribution in [0.5, 0.6) is 0 Å². The number of pyridine rings is 1. The molecule has 2 unspecified atom stereocenters. The molecule has 0 spiro atoms. The summed E-state index contributed by atoms with van der Waals surface area (Å²) in [7, 11) is 0. The van der Waals surface area contributed by atoms with Gasteiger partial charge in [-0.25, -0.2) is 4.98 Å². The zero-order valence-corrected chi connectivity index (χ0v) is 16.8. The van der Waals surface area contributed by atoms with Crippen LogP contribution in [0.2, 0.25) is 5.15 Å². The third-order valence-electron chi connectivity index (χ3n) is 4.69. The molecule has 138 valence electrons. The van der Waals surface area contributed by atoms with Gasteiger partial charge in [-0.15, -0.1) is 10.9 Å². The first-order valence-corrected chi connectivity index (χ1v) is 10.2. The summed E-state index contributed by atoms with van der Waals surface area (Å²) in [5.74, 6) is 0. The minimum absolute atomic E-state index is 0.225. The number of aromatic nitrogens is 1.